The predicted octanol–water partition coefficient (Wildman–Crippen LogP) is 4.64. The summed E-state index contributed by atoms with van der Waals surface area (Å²) in [6, 6.07) is 5.64. The monoisotopic (exact) mass is 234 g/mol. The van der Waals surface area contributed by atoms with Crippen molar-refractivity contribution in [1.29, 1.82) is 0 Å². The predicted molar refractivity (Wildman–Crippen MR) is 62.9 cm³/mol. The molecular weight excluding hydrogens is 223 g/mol. The summed E-state index contributed by atoms with van der Waals surface area (Å²) in [6.45, 7) is 2.17. The van der Waals surface area contributed by atoms with Crippen molar-refractivity contribution in [3.05, 3.63) is 33.8 Å². The first-order valence-corrected chi connectivity index (χ1v) is 6.17. The largest absolute Gasteiger partial charge is 0.157 e. The summed E-state index contributed by atoms with van der Waals surface area (Å²) in [7, 11) is 0. The Bertz CT molecular complexity index is 253. The van der Waals surface area contributed by atoms with E-state index in [0.29, 0.717) is 0 Å². The molecule has 0 atom stereocenters. The van der Waals surface area contributed by atoms with Crippen molar-refractivity contribution in [2.24, 2.45) is 0 Å². The molecule has 0 bridgehead atoms. The normalized spacial score (nSPS) is 10.4. The Kier molecular flexibility index (Phi) is 5.00. The van der Waals surface area contributed by atoms with Gasteiger partial charge >= 0.3 is 0 Å². The van der Waals surface area contributed by atoms with E-state index in [1.165, 1.54) is 6.42 Å². The molecule has 0 fully saturated rings. The fraction of sp³-hybridized carbons (Fsp3) is 0.400. The molecule has 0 radical (unpaired) electrons. The highest BCUT2D eigenvalue weighted by molar-refractivity contribution is 7.98. The molecule has 0 saturated carbocycles. The first kappa shape index (κ1) is 11.2. The number of benzene rings is 1. The second-order valence-electron chi connectivity index (χ2n) is 2.75. The van der Waals surface area contributed by atoms with Gasteiger partial charge in [0.05, 0.1) is 0 Å². The van der Waals surface area contributed by atoms with Gasteiger partial charge in [0, 0.05) is 15.8 Å². The van der Waals surface area contributed by atoms with Gasteiger partial charge in [-0.3, -0.25) is 0 Å². The van der Waals surface area contributed by atoms with Gasteiger partial charge in [-0.2, -0.15) is 11.8 Å². The molecule has 0 aliphatic rings. The van der Waals surface area contributed by atoms with Crippen LogP contribution in [0.1, 0.15) is 18.9 Å². The topological polar surface area (TPSA) is 0 Å². The van der Waals surface area contributed by atoms with Crippen LogP contribution in [0.15, 0.2) is 18.2 Å². The molecule has 1 rings (SSSR count). The molecular formula is C10H12Cl2S. The van der Waals surface area contributed by atoms with Crippen LogP contribution in [0.25, 0.3) is 0 Å². The maximum absolute atomic E-state index is 6.01. The van der Waals surface area contributed by atoms with Crippen molar-refractivity contribution in [2.75, 3.05) is 5.75 Å². The maximum atomic E-state index is 6.01. The van der Waals surface area contributed by atoms with Gasteiger partial charge < -0.3 is 0 Å². The van der Waals surface area contributed by atoms with E-state index in [4.69, 9.17) is 23.2 Å². The molecule has 0 heterocycles. The van der Waals surface area contributed by atoms with Gasteiger partial charge in [-0.15, -0.1) is 0 Å². The number of hydrogen-bond donors (Lipinski definition) is 0. The van der Waals surface area contributed by atoms with E-state index < -0.39 is 0 Å². The molecule has 72 valence electrons. The van der Waals surface area contributed by atoms with Crippen LogP contribution in [-0.4, -0.2) is 5.75 Å². The summed E-state index contributed by atoms with van der Waals surface area (Å²) < 4.78 is 0. The third-order valence-corrected chi connectivity index (χ3v) is 3.55. The van der Waals surface area contributed by atoms with Crippen LogP contribution in [0.4, 0.5) is 0 Å². The molecule has 0 unspecified atom stereocenters. The minimum absolute atomic E-state index is 0.774. The Labute approximate surface area is 93.6 Å². The lowest BCUT2D eigenvalue weighted by Crippen LogP contribution is -1.85. The summed E-state index contributed by atoms with van der Waals surface area (Å²) in [5.74, 6) is 2.06. The molecule has 0 saturated heterocycles. The standard InChI is InChI=1S/C10H12Cl2S/c1-2-6-13-7-8-9(11)4-3-5-10(8)12/h3-5H,2,6-7H2,1H3. The van der Waals surface area contributed by atoms with Crippen LogP contribution in [0.2, 0.25) is 10.0 Å². The van der Waals surface area contributed by atoms with Crippen LogP contribution in [-0.2, 0) is 5.75 Å². The number of rotatable bonds is 4. The first-order valence-electron chi connectivity index (χ1n) is 4.26. The van der Waals surface area contributed by atoms with Crippen molar-refractivity contribution >= 4 is 35.0 Å². The number of halogens is 2. The second-order valence-corrected chi connectivity index (χ2v) is 4.67. The Balaban J connectivity index is 2.64. The highest BCUT2D eigenvalue weighted by atomic mass is 35.5. The minimum atomic E-state index is 0.774. The quantitative estimate of drug-likeness (QED) is 0.685. The molecule has 0 aliphatic heterocycles. The molecule has 0 amide bonds. The first-order chi connectivity index (χ1) is 6.25. The molecule has 3 heteroatoms. The molecule has 1 aromatic rings. The molecule has 0 aliphatic carbocycles. The summed E-state index contributed by atoms with van der Waals surface area (Å²) in [5.41, 5.74) is 1.06. The molecule has 13 heavy (non-hydrogen) atoms. The van der Waals surface area contributed by atoms with Crippen molar-refractivity contribution in [2.45, 2.75) is 19.1 Å². The zero-order chi connectivity index (χ0) is 9.68. The Morgan fingerprint density at radius 1 is 1.23 bits per heavy atom. The lowest BCUT2D eigenvalue weighted by molar-refractivity contribution is 1.10. The van der Waals surface area contributed by atoms with E-state index in [9.17, 15) is 0 Å². The van der Waals surface area contributed by atoms with E-state index >= 15 is 0 Å². The Morgan fingerprint density at radius 2 is 1.85 bits per heavy atom. The third-order valence-electron chi connectivity index (χ3n) is 1.66. The van der Waals surface area contributed by atoms with Gasteiger partial charge in [0.25, 0.3) is 0 Å². The lowest BCUT2D eigenvalue weighted by atomic mass is 10.2. The SMILES string of the molecule is CCCSCc1c(Cl)cccc1Cl. The van der Waals surface area contributed by atoms with E-state index in [1.807, 2.05) is 30.0 Å². The van der Waals surface area contributed by atoms with Gasteiger partial charge in [-0.1, -0.05) is 36.2 Å². The van der Waals surface area contributed by atoms with Crippen molar-refractivity contribution < 1.29 is 0 Å². The fourth-order valence-corrected chi connectivity index (χ4v) is 2.63. The molecule has 0 aromatic heterocycles. The Hall–Kier alpha value is 0.150. The van der Waals surface area contributed by atoms with Crippen molar-refractivity contribution in [3.8, 4) is 0 Å². The van der Waals surface area contributed by atoms with Crippen LogP contribution in [0.5, 0.6) is 0 Å². The zero-order valence-corrected chi connectivity index (χ0v) is 9.85. The van der Waals surface area contributed by atoms with Gasteiger partial charge in [0.15, 0.2) is 0 Å². The van der Waals surface area contributed by atoms with Gasteiger partial charge in [-0.05, 0) is 29.9 Å². The molecule has 1 aromatic carbocycles. The van der Waals surface area contributed by atoms with E-state index in [2.05, 4.69) is 6.92 Å². The molecule has 0 nitrogen and oxygen atoms in total. The third kappa shape index (κ3) is 3.41. The lowest BCUT2D eigenvalue weighted by Gasteiger charge is -2.05. The van der Waals surface area contributed by atoms with Crippen LogP contribution in [0, 0.1) is 0 Å². The average molecular weight is 235 g/mol. The second kappa shape index (κ2) is 5.79. The zero-order valence-electron chi connectivity index (χ0n) is 7.52. The van der Waals surface area contributed by atoms with Gasteiger partial charge in [-0.25, -0.2) is 0 Å². The van der Waals surface area contributed by atoms with E-state index in [0.717, 1.165) is 27.1 Å². The highest BCUT2D eigenvalue weighted by Crippen LogP contribution is 2.28. The summed E-state index contributed by atoms with van der Waals surface area (Å²) in [6.07, 6.45) is 1.19. The molecule has 0 N–H and O–H groups in total. The van der Waals surface area contributed by atoms with Crippen LogP contribution >= 0.6 is 35.0 Å². The summed E-state index contributed by atoms with van der Waals surface area (Å²) in [5, 5.41) is 1.55. The maximum Gasteiger partial charge on any atom is 0.0461 e. The molecule has 0 spiro atoms. The van der Waals surface area contributed by atoms with Gasteiger partial charge in [0.1, 0.15) is 0 Å². The van der Waals surface area contributed by atoms with Crippen molar-refractivity contribution in [1.82, 2.24) is 0 Å². The smallest absolute Gasteiger partial charge is 0.0461 e. The summed E-state index contributed by atoms with van der Waals surface area (Å²) in [4.78, 5) is 0. The Morgan fingerprint density at radius 3 is 2.38 bits per heavy atom. The van der Waals surface area contributed by atoms with Gasteiger partial charge in [0.2, 0.25) is 0 Å². The van der Waals surface area contributed by atoms with Crippen LogP contribution < -0.4 is 0 Å². The highest BCUT2D eigenvalue weighted by Gasteiger charge is 2.04. The minimum Gasteiger partial charge on any atom is -0.157 e. The average Bonchev–Trinajstić information content (AvgIpc) is 2.10. The van der Waals surface area contributed by atoms with Crippen LogP contribution in [0.3, 0.4) is 0 Å². The summed E-state index contributed by atoms with van der Waals surface area (Å²) >= 11 is 13.9. The number of hydrogen-bond acceptors (Lipinski definition) is 1. The number of thioether (sulfide) groups is 1. The van der Waals surface area contributed by atoms with E-state index in [1.54, 1.807) is 0 Å². The van der Waals surface area contributed by atoms with Crippen molar-refractivity contribution in [3.63, 3.8) is 0 Å². The fourth-order valence-electron chi connectivity index (χ4n) is 0.989. The van der Waals surface area contributed by atoms with E-state index in [-0.39, 0.29) is 0 Å².